The number of nitrogens with one attached hydrogen (secondary N) is 1. The lowest BCUT2D eigenvalue weighted by molar-refractivity contribution is -0.178. The van der Waals surface area contributed by atoms with E-state index in [1.165, 1.54) is 7.11 Å². The molecule has 0 amide bonds. The van der Waals surface area contributed by atoms with Crippen LogP contribution in [0.15, 0.2) is 30.5 Å². The highest BCUT2D eigenvalue weighted by molar-refractivity contribution is 5.80. The maximum Gasteiger partial charge on any atom is 0.166 e. The van der Waals surface area contributed by atoms with Gasteiger partial charge in [0.05, 0.1) is 7.11 Å². The highest BCUT2D eigenvalue weighted by Crippen LogP contribution is 2.19. The molecule has 0 fully saturated rings. The van der Waals surface area contributed by atoms with Gasteiger partial charge < -0.3 is 9.87 Å². The van der Waals surface area contributed by atoms with Gasteiger partial charge >= 0.3 is 0 Å². The van der Waals surface area contributed by atoms with Crippen molar-refractivity contribution < 1.29 is 9.78 Å². The zero-order chi connectivity index (χ0) is 8.39. The van der Waals surface area contributed by atoms with Crippen LogP contribution in [-0.4, -0.2) is 12.1 Å². The van der Waals surface area contributed by atoms with Crippen molar-refractivity contribution >= 4 is 10.9 Å². The Labute approximate surface area is 69.8 Å². The van der Waals surface area contributed by atoms with Gasteiger partial charge in [0.1, 0.15) is 0 Å². The fourth-order valence-electron chi connectivity index (χ4n) is 1.18. The van der Waals surface area contributed by atoms with Crippen LogP contribution in [0.2, 0.25) is 0 Å². The summed E-state index contributed by atoms with van der Waals surface area (Å²) in [5.74, 6) is 0.713. The second kappa shape index (κ2) is 2.87. The van der Waals surface area contributed by atoms with Crippen LogP contribution in [0.5, 0.6) is 5.75 Å². The van der Waals surface area contributed by atoms with Gasteiger partial charge in [-0.3, -0.25) is 0 Å². The van der Waals surface area contributed by atoms with Crippen LogP contribution in [0, 0.1) is 0 Å². The van der Waals surface area contributed by atoms with Crippen LogP contribution in [0.1, 0.15) is 0 Å². The molecule has 1 N–H and O–H groups in total. The SMILES string of the molecule is COOc1ccc2[nH]ccc2c1. The first-order valence-corrected chi connectivity index (χ1v) is 3.68. The molecule has 0 saturated carbocycles. The van der Waals surface area contributed by atoms with E-state index in [0.717, 1.165) is 10.9 Å². The summed E-state index contributed by atoms with van der Waals surface area (Å²) in [6, 6.07) is 7.69. The Hall–Kier alpha value is -1.48. The number of rotatable bonds is 2. The molecule has 1 aromatic heterocycles. The summed E-state index contributed by atoms with van der Waals surface area (Å²) in [6.07, 6.45) is 1.89. The molecule has 3 nitrogen and oxygen atoms in total. The summed E-state index contributed by atoms with van der Waals surface area (Å²) in [5, 5.41) is 1.12. The van der Waals surface area contributed by atoms with E-state index in [2.05, 4.69) is 9.87 Å². The number of aromatic amines is 1. The molecule has 3 heteroatoms. The fraction of sp³-hybridized carbons (Fsp3) is 0.111. The molecule has 0 atom stereocenters. The third kappa shape index (κ3) is 1.14. The number of aromatic nitrogens is 1. The molecule has 2 aromatic rings. The summed E-state index contributed by atoms with van der Waals surface area (Å²) in [5.41, 5.74) is 1.10. The first-order valence-electron chi connectivity index (χ1n) is 3.68. The Morgan fingerprint density at radius 3 is 3.00 bits per heavy atom. The number of fused-ring (bicyclic) bond motifs is 1. The standard InChI is InChI=1S/C9H9NO2/c1-11-12-8-2-3-9-7(6-8)4-5-10-9/h2-6,10H,1H3. The number of hydrogen-bond donors (Lipinski definition) is 1. The van der Waals surface area contributed by atoms with Crippen molar-refractivity contribution in [2.24, 2.45) is 0 Å². The Kier molecular flexibility index (Phi) is 1.72. The number of hydrogen-bond acceptors (Lipinski definition) is 2. The lowest BCUT2D eigenvalue weighted by Gasteiger charge is -1.99. The minimum atomic E-state index is 0.713. The molecule has 0 unspecified atom stereocenters. The molecule has 1 aromatic carbocycles. The highest BCUT2D eigenvalue weighted by atomic mass is 17.2. The van der Waals surface area contributed by atoms with E-state index in [-0.39, 0.29) is 0 Å². The summed E-state index contributed by atoms with van der Waals surface area (Å²) in [6.45, 7) is 0. The summed E-state index contributed by atoms with van der Waals surface area (Å²) < 4.78 is 0. The molecule has 2 rings (SSSR count). The van der Waals surface area contributed by atoms with Crippen molar-refractivity contribution in [2.75, 3.05) is 7.11 Å². The smallest absolute Gasteiger partial charge is 0.166 e. The normalized spacial score (nSPS) is 10.4. The van der Waals surface area contributed by atoms with E-state index in [0.29, 0.717) is 5.75 Å². The van der Waals surface area contributed by atoms with Gasteiger partial charge in [0.15, 0.2) is 5.75 Å². The van der Waals surface area contributed by atoms with Crippen LogP contribution >= 0.6 is 0 Å². The van der Waals surface area contributed by atoms with E-state index in [1.54, 1.807) is 0 Å². The molecular formula is C9H9NO2. The summed E-state index contributed by atoms with van der Waals surface area (Å²) in [7, 11) is 1.49. The Morgan fingerprint density at radius 2 is 2.17 bits per heavy atom. The van der Waals surface area contributed by atoms with Crippen LogP contribution < -0.4 is 4.89 Å². The van der Waals surface area contributed by atoms with E-state index in [1.807, 2.05) is 30.5 Å². The molecule has 0 bridgehead atoms. The average molecular weight is 163 g/mol. The summed E-state index contributed by atoms with van der Waals surface area (Å²) >= 11 is 0. The fourth-order valence-corrected chi connectivity index (χ4v) is 1.18. The van der Waals surface area contributed by atoms with Crippen molar-refractivity contribution in [3.8, 4) is 5.75 Å². The van der Waals surface area contributed by atoms with Gasteiger partial charge in [-0.1, -0.05) is 0 Å². The van der Waals surface area contributed by atoms with E-state index < -0.39 is 0 Å². The molecule has 0 aliphatic carbocycles. The lowest BCUT2D eigenvalue weighted by Crippen LogP contribution is -1.89. The first-order chi connectivity index (χ1) is 5.90. The minimum absolute atomic E-state index is 0.713. The Morgan fingerprint density at radius 1 is 1.25 bits per heavy atom. The van der Waals surface area contributed by atoms with Gasteiger partial charge in [-0.2, -0.15) is 4.89 Å². The molecule has 62 valence electrons. The topological polar surface area (TPSA) is 34.2 Å². The third-order valence-corrected chi connectivity index (χ3v) is 1.70. The van der Waals surface area contributed by atoms with Crippen LogP contribution in [0.4, 0.5) is 0 Å². The van der Waals surface area contributed by atoms with Gasteiger partial charge in [0.2, 0.25) is 0 Å². The molecule has 0 saturated heterocycles. The largest absolute Gasteiger partial charge is 0.361 e. The molecular weight excluding hydrogens is 154 g/mol. The summed E-state index contributed by atoms with van der Waals surface area (Å²) in [4.78, 5) is 12.5. The van der Waals surface area contributed by atoms with Gasteiger partial charge in [0.25, 0.3) is 0 Å². The molecule has 1 heterocycles. The van der Waals surface area contributed by atoms with Gasteiger partial charge in [-0.05, 0) is 24.3 Å². The molecule has 0 radical (unpaired) electrons. The quantitative estimate of drug-likeness (QED) is 0.543. The van der Waals surface area contributed by atoms with Crippen LogP contribution in [0.3, 0.4) is 0 Å². The van der Waals surface area contributed by atoms with Crippen molar-refractivity contribution in [3.63, 3.8) is 0 Å². The minimum Gasteiger partial charge on any atom is -0.361 e. The van der Waals surface area contributed by atoms with E-state index in [4.69, 9.17) is 4.89 Å². The first kappa shape index (κ1) is 7.18. The Balaban J connectivity index is 2.46. The Bertz CT molecular complexity index is 381. The number of H-pyrrole nitrogens is 1. The predicted molar refractivity (Wildman–Crippen MR) is 45.9 cm³/mol. The average Bonchev–Trinajstić information content (AvgIpc) is 2.51. The lowest BCUT2D eigenvalue weighted by atomic mass is 10.2. The van der Waals surface area contributed by atoms with Crippen molar-refractivity contribution in [2.45, 2.75) is 0 Å². The number of benzene rings is 1. The molecule has 0 spiro atoms. The van der Waals surface area contributed by atoms with Crippen molar-refractivity contribution in [1.29, 1.82) is 0 Å². The van der Waals surface area contributed by atoms with Gasteiger partial charge in [0, 0.05) is 17.1 Å². The van der Waals surface area contributed by atoms with Gasteiger partial charge in [-0.25, -0.2) is 0 Å². The maximum absolute atomic E-state index is 4.87. The monoisotopic (exact) mass is 163 g/mol. The predicted octanol–water partition coefficient (Wildman–Crippen LogP) is 2.11. The maximum atomic E-state index is 4.87. The molecule has 12 heavy (non-hydrogen) atoms. The van der Waals surface area contributed by atoms with Gasteiger partial charge in [-0.15, -0.1) is 0 Å². The third-order valence-electron chi connectivity index (χ3n) is 1.70. The zero-order valence-electron chi connectivity index (χ0n) is 6.70. The van der Waals surface area contributed by atoms with Crippen molar-refractivity contribution in [1.82, 2.24) is 4.98 Å². The van der Waals surface area contributed by atoms with E-state index in [9.17, 15) is 0 Å². The molecule has 0 aliphatic heterocycles. The van der Waals surface area contributed by atoms with Crippen LogP contribution in [-0.2, 0) is 4.89 Å². The second-order valence-corrected chi connectivity index (χ2v) is 2.48. The second-order valence-electron chi connectivity index (χ2n) is 2.48. The van der Waals surface area contributed by atoms with Crippen molar-refractivity contribution in [3.05, 3.63) is 30.5 Å². The van der Waals surface area contributed by atoms with Crippen LogP contribution in [0.25, 0.3) is 10.9 Å². The van der Waals surface area contributed by atoms with E-state index >= 15 is 0 Å². The zero-order valence-corrected chi connectivity index (χ0v) is 6.70. The molecule has 0 aliphatic rings. The highest BCUT2D eigenvalue weighted by Gasteiger charge is 1.96.